The van der Waals surface area contributed by atoms with Gasteiger partial charge in [0.1, 0.15) is 0 Å². The van der Waals surface area contributed by atoms with Crippen molar-refractivity contribution < 1.29 is 9.90 Å². The summed E-state index contributed by atoms with van der Waals surface area (Å²) in [7, 11) is 0. The Balaban J connectivity index is 1.87. The zero-order chi connectivity index (χ0) is 14.2. The average Bonchev–Trinajstić information content (AvgIpc) is 2.41. The monoisotopic (exact) mass is 290 g/mol. The molecule has 1 saturated carbocycles. The molecule has 2 aromatic rings. The Hall–Kier alpha value is -1.65. The molecule has 2 N–H and O–H groups in total. The highest BCUT2D eigenvalue weighted by molar-refractivity contribution is 6.32. The van der Waals surface area contributed by atoms with Gasteiger partial charge in [-0.2, -0.15) is 0 Å². The van der Waals surface area contributed by atoms with Gasteiger partial charge in [-0.25, -0.2) is 0 Å². The fraction of sp³-hybridized carbons (Fsp3) is 0.333. The minimum atomic E-state index is -0.739. The van der Waals surface area contributed by atoms with E-state index in [1.54, 1.807) is 24.4 Å². The van der Waals surface area contributed by atoms with E-state index in [4.69, 9.17) is 11.6 Å². The third-order valence-electron chi connectivity index (χ3n) is 3.78. The standard InChI is InChI=1S/C15H15ClN2O2/c16-11-7-10-3-1-6-17-13(10)12(8-11)14(19)18-9-15(20)4-2-5-15/h1,3,6-8,20H,2,4-5,9H2,(H,18,19). The first-order valence-corrected chi connectivity index (χ1v) is 7.00. The highest BCUT2D eigenvalue weighted by Crippen LogP contribution is 2.30. The Morgan fingerprint density at radius 3 is 2.95 bits per heavy atom. The van der Waals surface area contributed by atoms with Crippen molar-refractivity contribution in [2.45, 2.75) is 24.9 Å². The van der Waals surface area contributed by atoms with Gasteiger partial charge >= 0.3 is 0 Å². The van der Waals surface area contributed by atoms with Crippen LogP contribution < -0.4 is 5.32 Å². The molecule has 0 aliphatic heterocycles. The van der Waals surface area contributed by atoms with Crippen molar-refractivity contribution in [3.05, 3.63) is 41.0 Å². The number of nitrogens with one attached hydrogen (secondary N) is 1. The number of nitrogens with zero attached hydrogens (tertiary/aromatic N) is 1. The number of rotatable bonds is 3. The number of pyridine rings is 1. The van der Waals surface area contributed by atoms with Gasteiger partial charge < -0.3 is 10.4 Å². The molecule has 0 atom stereocenters. The molecule has 0 unspecified atom stereocenters. The van der Waals surface area contributed by atoms with Gasteiger partial charge in [0.25, 0.3) is 5.91 Å². The first kappa shape index (κ1) is 13.3. The van der Waals surface area contributed by atoms with Crippen molar-refractivity contribution in [2.75, 3.05) is 6.54 Å². The van der Waals surface area contributed by atoms with Gasteiger partial charge in [-0.1, -0.05) is 17.7 Å². The first-order valence-electron chi connectivity index (χ1n) is 6.62. The number of amides is 1. The quantitative estimate of drug-likeness (QED) is 0.913. The van der Waals surface area contributed by atoms with Gasteiger partial charge in [-0.15, -0.1) is 0 Å². The summed E-state index contributed by atoms with van der Waals surface area (Å²) in [6.45, 7) is 0.271. The number of benzene rings is 1. The van der Waals surface area contributed by atoms with E-state index < -0.39 is 5.60 Å². The lowest BCUT2D eigenvalue weighted by Gasteiger charge is -2.36. The van der Waals surface area contributed by atoms with E-state index in [2.05, 4.69) is 10.3 Å². The average molecular weight is 291 g/mol. The van der Waals surface area contributed by atoms with E-state index in [0.29, 0.717) is 16.1 Å². The van der Waals surface area contributed by atoms with Crippen molar-refractivity contribution in [2.24, 2.45) is 0 Å². The molecular weight excluding hydrogens is 276 g/mol. The number of hydrogen-bond acceptors (Lipinski definition) is 3. The van der Waals surface area contributed by atoms with Crippen LogP contribution in [0.3, 0.4) is 0 Å². The second-order valence-electron chi connectivity index (χ2n) is 5.29. The highest BCUT2D eigenvalue weighted by Gasteiger charge is 2.34. The zero-order valence-corrected chi connectivity index (χ0v) is 11.7. The lowest BCUT2D eigenvalue weighted by atomic mass is 9.80. The van der Waals surface area contributed by atoms with E-state index in [0.717, 1.165) is 24.6 Å². The Kier molecular flexibility index (Phi) is 3.36. The van der Waals surface area contributed by atoms with Crippen LogP contribution in [-0.2, 0) is 0 Å². The molecule has 1 aromatic carbocycles. The number of halogens is 1. The van der Waals surface area contributed by atoms with Gasteiger partial charge in [-0.05, 0) is 37.5 Å². The van der Waals surface area contributed by atoms with Gasteiger partial charge in [0.05, 0.1) is 16.7 Å². The summed E-state index contributed by atoms with van der Waals surface area (Å²) in [5.74, 6) is -0.253. The maximum absolute atomic E-state index is 12.3. The number of hydrogen-bond donors (Lipinski definition) is 2. The van der Waals surface area contributed by atoms with Crippen LogP contribution in [0.5, 0.6) is 0 Å². The third kappa shape index (κ3) is 2.49. The Morgan fingerprint density at radius 1 is 1.45 bits per heavy atom. The van der Waals surface area contributed by atoms with Gasteiger partial charge in [0.2, 0.25) is 0 Å². The summed E-state index contributed by atoms with van der Waals surface area (Å²) in [5.41, 5.74) is 0.323. The smallest absolute Gasteiger partial charge is 0.253 e. The van der Waals surface area contributed by atoms with Crippen molar-refractivity contribution in [1.29, 1.82) is 0 Å². The maximum atomic E-state index is 12.3. The van der Waals surface area contributed by atoms with Crippen LogP contribution in [0, 0.1) is 0 Å². The predicted molar refractivity (Wildman–Crippen MR) is 77.9 cm³/mol. The fourth-order valence-electron chi connectivity index (χ4n) is 2.43. The Morgan fingerprint density at radius 2 is 2.25 bits per heavy atom. The molecule has 104 valence electrons. The van der Waals surface area contributed by atoms with Crippen LogP contribution >= 0.6 is 11.6 Å². The minimum Gasteiger partial charge on any atom is -0.388 e. The number of fused-ring (bicyclic) bond motifs is 1. The first-order chi connectivity index (χ1) is 9.57. The second kappa shape index (κ2) is 5.04. The SMILES string of the molecule is O=C(NCC1(O)CCC1)c1cc(Cl)cc2cccnc12. The lowest BCUT2D eigenvalue weighted by molar-refractivity contribution is -0.0300. The summed E-state index contributed by atoms with van der Waals surface area (Å²) in [5, 5.41) is 14.1. The fourth-order valence-corrected chi connectivity index (χ4v) is 2.66. The van der Waals surface area contributed by atoms with Crippen LogP contribution in [0.15, 0.2) is 30.5 Å². The van der Waals surface area contributed by atoms with E-state index in [1.807, 2.05) is 6.07 Å². The highest BCUT2D eigenvalue weighted by atomic mass is 35.5. The number of aromatic nitrogens is 1. The molecule has 1 aliphatic rings. The Bertz CT molecular complexity index is 668. The molecule has 1 amide bonds. The van der Waals surface area contributed by atoms with Gasteiger partial charge in [0, 0.05) is 23.2 Å². The van der Waals surface area contributed by atoms with Gasteiger partial charge in [-0.3, -0.25) is 9.78 Å². The molecule has 4 nitrogen and oxygen atoms in total. The van der Waals surface area contributed by atoms with Crippen molar-refractivity contribution in [3.8, 4) is 0 Å². The summed E-state index contributed by atoms with van der Waals surface area (Å²) >= 11 is 6.04. The van der Waals surface area contributed by atoms with E-state index >= 15 is 0 Å². The summed E-state index contributed by atoms with van der Waals surface area (Å²) < 4.78 is 0. The number of carbonyl (C=O) groups excluding carboxylic acids is 1. The lowest BCUT2D eigenvalue weighted by Crippen LogP contribution is -2.47. The van der Waals surface area contributed by atoms with Crippen molar-refractivity contribution >= 4 is 28.4 Å². The van der Waals surface area contributed by atoms with Crippen LogP contribution in [0.25, 0.3) is 10.9 Å². The molecule has 0 radical (unpaired) electrons. The molecule has 0 bridgehead atoms. The maximum Gasteiger partial charge on any atom is 0.253 e. The largest absolute Gasteiger partial charge is 0.388 e. The molecular formula is C15H15ClN2O2. The van der Waals surface area contributed by atoms with E-state index in [9.17, 15) is 9.90 Å². The molecule has 0 saturated heterocycles. The summed E-state index contributed by atoms with van der Waals surface area (Å²) in [4.78, 5) is 16.5. The molecule has 1 heterocycles. The Labute approximate surface area is 121 Å². The summed E-state index contributed by atoms with van der Waals surface area (Å²) in [6, 6.07) is 7.05. The topological polar surface area (TPSA) is 62.2 Å². The van der Waals surface area contributed by atoms with Gasteiger partial charge in [0.15, 0.2) is 0 Å². The second-order valence-corrected chi connectivity index (χ2v) is 5.73. The molecule has 0 spiro atoms. The molecule has 5 heteroatoms. The number of aliphatic hydroxyl groups is 1. The van der Waals surface area contributed by atoms with Crippen LogP contribution in [0.4, 0.5) is 0 Å². The zero-order valence-electron chi connectivity index (χ0n) is 10.9. The molecule has 1 aliphatic carbocycles. The van der Waals surface area contributed by atoms with Crippen molar-refractivity contribution in [3.63, 3.8) is 0 Å². The van der Waals surface area contributed by atoms with Crippen LogP contribution in [0.2, 0.25) is 5.02 Å². The molecule has 1 fully saturated rings. The minimum absolute atomic E-state index is 0.253. The molecule has 1 aromatic heterocycles. The third-order valence-corrected chi connectivity index (χ3v) is 3.99. The van der Waals surface area contributed by atoms with E-state index in [1.165, 1.54) is 0 Å². The van der Waals surface area contributed by atoms with Crippen molar-refractivity contribution in [1.82, 2.24) is 10.3 Å². The van der Waals surface area contributed by atoms with Crippen LogP contribution in [0.1, 0.15) is 29.6 Å². The summed E-state index contributed by atoms with van der Waals surface area (Å²) in [6.07, 6.45) is 4.13. The van der Waals surface area contributed by atoms with Crippen LogP contribution in [-0.4, -0.2) is 28.1 Å². The normalized spacial score (nSPS) is 16.7. The van der Waals surface area contributed by atoms with E-state index in [-0.39, 0.29) is 12.5 Å². The predicted octanol–water partition coefficient (Wildman–Crippen LogP) is 2.53. The molecule has 20 heavy (non-hydrogen) atoms. The number of carbonyl (C=O) groups is 1. The molecule has 3 rings (SSSR count).